The summed E-state index contributed by atoms with van der Waals surface area (Å²) in [6, 6.07) is 11.3. The maximum absolute atomic E-state index is 13.1. The highest BCUT2D eigenvalue weighted by Gasteiger charge is 2.33. The molecule has 1 amide bonds. The summed E-state index contributed by atoms with van der Waals surface area (Å²) < 4.78 is 6.05. The van der Waals surface area contributed by atoms with Crippen molar-refractivity contribution in [2.24, 2.45) is 0 Å². The average Bonchev–Trinajstić information content (AvgIpc) is 3.18. The van der Waals surface area contributed by atoms with Crippen molar-refractivity contribution in [3.8, 4) is 0 Å². The predicted molar refractivity (Wildman–Crippen MR) is 107 cm³/mol. The summed E-state index contributed by atoms with van der Waals surface area (Å²) in [6.07, 6.45) is 6.93. The van der Waals surface area contributed by atoms with Crippen LogP contribution in [0.2, 0.25) is 5.02 Å². The quantitative estimate of drug-likeness (QED) is 0.624. The van der Waals surface area contributed by atoms with Gasteiger partial charge < -0.3 is 9.32 Å². The Kier molecular flexibility index (Phi) is 5.44. The third-order valence-corrected chi connectivity index (χ3v) is 5.38. The molecule has 6 heteroatoms. The third kappa shape index (κ3) is 3.94. The van der Waals surface area contributed by atoms with Gasteiger partial charge in [-0.3, -0.25) is 9.78 Å². The fourth-order valence-corrected chi connectivity index (χ4v) is 3.76. The molecule has 0 spiro atoms. The Morgan fingerprint density at radius 3 is 2.82 bits per heavy atom. The number of amides is 1. The molecule has 1 saturated heterocycles. The van der Waals surface area contributed by atoms with Crippen molar-refractivity contribution in [2.75, 3.05) is 6.54 Å². The zero-order chi connectivity index (χ0) is 19.5. The highest BCUT2D eigenvalue weighted by molar-refractivity contribution is 6.30. The van der Waals surface area contributed by atoms with E-state index in [0.29, 0.717) is 29.6 Å². The van der Waals surface area contributed by atoms with Crippen LogP contribution < -0.4 is 0 Å². The number of hydrogen-bond donors (Lipinski definition) is 0. The third-order valence-electron chi connectivity index (χ3n) is 5.12. The second kappa shape index (κ2) is 8.15. The lowest BCUT2D eigenvalue weighted by molar-refractivity contribution is 0.0563. The highest BCUT2D eigenvalue weighted by atomic mass is 35.5. The molecule has 1 unspecified atom stereocenters. The number of likely N-dealkylation sites (tertiary alicyclic amines) is 1. The first kappa shape index (κ1) is 18.7. The maximum Gasteiger partial charge on any atom is 0.273 e. The van der Waals surface area contributed by atoms with Crippen LogP contribution in [0.4, 0.5) is 0 Å². The number of piperidine rings is 1. The van der Waals surface area contributed by atoms with Gasteiger partial charge in [0.2, 0.25) is 5.89 Å². The van der Waals surface area contributed by atoms with Crippen LogP contribution >= 0.6 is 11.6 Å². The minimum Gasteiger partial charge on any atom is -0.443 e. The van der Waals surface area contributed by atoms with E-state index in [1.807, 2.05) is 48.2 Å². The average molecular weight is 396 g/mol. The van der Waals surface area contributed by atoms with Gasteiger partial charge in [-0.15, -0.1) is 0 Å². The van der Waals surface area contributed by atoms with Crippen LogP contribution in [0.3, 0.4) is 0 Å². The van der Waals surface area contributed by atoms with E-state index in [1.165, 1.54) is 0 Å². The summed E-state index contributed by atoms with van der Waals surface area (Å²) >= 11 is 5.95. The number of aryl methyl sites for hydroxylation is 1. The first-order valence-corrected chi connectivity index (χ1v) is 9.91. The molecule has 1 aromatic carbocycles. The Labute approximate surface area is 169 Å². The van der Waals surface area contributed by atoms with Gasteiger partial charge in [0.25, 0.3) is 5.91 Å². The lowest BCUT2D eigenvalue weighted by Gasteiger charge is -2.33. The zero-order valence-corrected chi connectivity index (χ0v) is 16.5. The Hall–Kier alpha value is -2.66. The largest absolute Gasteiger partial charge is 0.443 e. The predicted octanol–water partition coefficient (Wildman–Crippen LogP) is 4.99. The molecular weight excluding hydrogens is 374 g/mol. The number of halogens is 1. The van der Waals surface area contributed by atoms with Gasteiger partial charge in [-0.05, 0) is 55.5 Å². The molecule has 0 saturated carbocycles. The lowest BCUT2D eigenvalue weighted by atomic mass is 10.0. The summed E-state index contributed by atoms with van der Waals surface area (Å²) in [4.78, 5) is 23.8. The summed E-state index contributed by atoms with van der Waals surface area (Å²) in [5.74, 6) is 1.33. The number of oxazole rings is 1. The maximum atomic E-state index is 13.1. The summed E-state index contributed by atoms with van der Waals surface area (Å²) in [6.45, 7) is 2.60. The normalized spacial score (nSPS) is 16.9. The number of benzene rings is 1. The number of carbonyl (C=O) groups excluding carboxylic acids is 1. The number of nitrogens with zero attached hydrogens (tertiary/aromatic N) is 3. The van der Waals surface area contributed by atoms with E-state index in [1.54, 1.807) is 12.4 Å². The molecule has 3 aromatic rings. The minimum atomic E-state index is -0.151. The van der Waals surface area contributed by atoms with E-state index in [-0.39, 0.29) is 11.9 Å². The molecule has 28 heavy (non-hydrogen) atoms. The van der Waals surface area contributed by atoms with Gasteiger partial charge in [0.05, 0.1) is 6.20 Å². The van der Waals surface area contributed by atoms with E-state index >= 15 is 0 Å². The van der Waals surface area contributed by atoms with E-state index in [0.717, 1.165) is 36.1 Å². The van der Waals surface area contributed by atoms with Crippen molar-refractivity contribution in [3.05, 3.63) is 82.3 Å². The van der Waals surface area contributed by atoms with Gasteiger partial charge in [0, 0.05) is 24.2 Å². The minimum absolute atomic E-state index is 0.0553. The Morgan fingerprint density at radius 1 is 1.21 bits per heavy atom. The van der Waals surface area contributed by atoms with Gasteiger partial charge in [0.15, 0.2) is 0 Å². The van der Waals surface area contributed by atoms with E-state index in [9.17, 15) is 4.79 Å². The Bertz CT molecular complexity index is 968. The fourth-order valence-electron chi connectivity index (χ4n) is 3.64. The van der Waals surface area contributed by atoms with Crippen molar-refractivity contribution in [1.29, 1.82) is 0 Å². The molecule has 3 heterocycles. The van der Waals surface area contributed by atoms with Crippen LogP contribution in [0.25, 0.3) is 0 Å². The molecule has 5 nitrogen and oxygen atoms in total. The number of carbonyl (C=O) groups is 1. The van der Waals surface area contributed by atoms with Gasteiger partial charge in [-0.1, -0.05) is 29.8 Å². The molecule has 144 valence electrons. The molecule has 1 fully saturated rings. The lowest BCUT2D eigenvalue weighted by Crippen LogP contribution is -2.39. The standard InChI is InChI=1S/C22H22ClN3O2/c1-15-5-4-11-24-20(15)22(27)26-12-3-2-6-19(26)21-25-14-18(28-21)13-16-7-9-17(23)10-8-16/h4-5,7-11,14,19H,2-3,6,12-13H2,1H3. The zero-order valence-electron chi connectivity index (χ0n) is 15.8. The molecule has 1 aliphatic heterocycles. The molecule has 2 aromatic heterocycles. The van der Waals surface area contributed by atoms with Crippen LogP contribution in [0, 0.1) is 6.92 Å². The monoisotopic (exact) mass is 395 g/mol. The summed E-state index contributed by atoms with van der Waals surface area (Å²) in [7, 11) is 0. The first-order chi connectivity index (χ1) is 13.6. The first-order valence-electron chi connectivity index (χ1n) is 9.53. The second-order valence-corrected chi connectivity index (χ2v) is 7.58. The molecule has 1 atom stereocenters. The summed E-state index contributed by atoms with van der Waals surface area (Å²) in [5.41, 5.74) is 2.49. The van der Waals surface area contributed by atoms with Crippen LogP contribution in [-0.4, -0.2) is 27.3 Å². The van der Waals surface area contributed by atoms with Crippen molar-refractivity contribution < 1.29 is 9.21 Å². The number of aromatic nitrogens is 2. The molecule has 0 aliphatic carbocycles. The van der Waals surface area contributed by atoms with E-state index in [4.69, 9.17) is 16.0 Å². The van der Waals surface area contributed by atoms with E-state index in [2.05, 4.69) is 9.97 Å². The fraction of sp³-hybridized carbons (Fsp3) is 0.318. The number of pyridine rings is 1. The molecule has 0 radical (unpaired) electrons. The van der Waals surface area contributed by atoms with Crippen LogP contribution in [0.1, 0.15) is 58.6 Å². The highest BCUT2D eigenvalue weighted by Crippen LogP contribution is 2.32. The van der Waals surface area contributed by atoms with Crippen molar-refractivity contribution in [2.45, 2.75) is 38.6 Å². The smallest absolute Gasteiger partial charge is 0.273 e. The molecule has 1 aliphatic rings. The van der Waals surface area contributed by atoms with Crippen LogP contribution in [0.15, 0.2) is 53.2 Å². The van der Waals surface area contributed by atoms with Crippen molar-refractivity contribution >= 4 is 17.5 Å². The van der Waals surface area contributed by atoms with Gasteiger partial charge >= 0.3 is 0 Å². The molecule has 0 N–H and O–H groups in total. The molecule has 4 rings (SSSR count). The van der Waals surface area contributed by atoms with Gasteiger partial charge in [-0.2, -0.15) is 0 Å². The van der Waals surface area contributed by atoms with Crippen LogP contribution in [-0.2, 0) is 6.42 Å². The second-order valence-electron chi connectivity index (χ2n) is 7.15. The van der Waals surface area contributed by atoms with E-state index < -0.39 is 0 Å². The molecule has 0 bridgehead atoms. The number of rotatable bonds is 4. The molecular formula is C22H22ClN3O2. The van der Waals surface area contributed by atoms with Crippen LogP contribution in [0.5, 0.6) is 0 Å². The van der Waals surface area contributed by atoms with Gasteiger partial charge in [-0.25, -0.2) is 4.98 Å². The Balaban J connectivity index is 1.55. The van der Waals surface area contributed by atoms with Crippen molar-refractivity contribution in [3.63, 3.8) is 0 Å². The topological polar surface area (TPSA) is 59.2 Å². The SMILES string of the molecule is Cc1cccnc1C(=O)N1CCCCC1c1ncc(Cc2ccc(Cl)cc2)o1. The summed E-state index contributed by atoms with van der Waals surface area (Å²) in [5, 5.41) is 0.711. The van der Waals surface area contributed by atoms with Crippen molar-refractivity contribution in [1.82, 2.24) is 14.9 Å². The number of hydrogen-bond acceptors (Lipinski definition) is 4. The van der Waals surface area contributed by atoms with Gasteiger partial charge in [0.1, 0.15) is 17.5 Å². The Morgan fingerprint density at radius 2 is 2.04 bits per heavy atom.